The van der Waals surface area contributed by atoms with Gasteiger partial charge in [-0.15, -0.1) is 11.8 Å². The van der Waals surface area contributed by atoms with Crippen LogP contribution in [0, 0.1) is 3.57 Å². The molecule has 0 unspecified atom stereocenters. The van der Waals surface area contributed by atoms with E-state index in [-0.39, 0.29) is 11.8 Å². The first-order chi connectivity index (χ1) is 10.5. The van der Waals surface area contributed by atoms with E-state index >= 15 is 0 Å². The molecule has 0 aliphatic rings. The SMILES string of the molecule is CC(=O)Nc1cccc(SCC(=O)Nc2ccc(I)cc2)c1. The first-order valence-electron chi connectivity index (χ1n) is 6.59. The number of thioether (sulfide) groups is 1. The van der Waals surface area contributed by atoms with Crippen molar-refractivity contribution in [2.45, 2.75) is 11.8 Å². The summed E-state index contributed by atoms with van der Waals surface area (Å²) >= 11 is 3.65. The Labute approximate surface area is 147 Å². The van der Waals surface area contributed by atoms with E-state index in [1.165, 1.54) is 18.7 Å². The minimum absolute atomic E-state index is 0.0591. The number of benzene rings is 2. The number of anilines is 2. The second kappa shape index (κ2) is 8.19. The molecule has 4 nitrogen and oxygen atoms in total. The average molecular weight is 426 g/mol. The van der Waals surface area contributed by atoms with Gasteiger partial charge in [-0.05, 0) is 65.1 Å². The Bertz CT molecular complexity index is 674. The lowest BCUT2D eigenvalue weighted by Gasteiger charge is -2.07. The standard InChI is InChI=1S/C16H15IN2O2S/c1-11(20)18-14-3-2-4-15(9-14)22-10-16(21)19-13-7-5-12(17)6-8-13/h2-9H,10H2,1H3,(H,18,20)(H,19,21). The Hall–Kier alpha value is -1.54. The number of hydrogen-bond acceptors (Lipinski definition) is 3. The molecule has 2 amide bonds. The molecule has 2 rings (SSSR count). The van der Waals surface area contributed by atoms with Gasteiger partial charge in [-0.25, -0.2) is 0 Å². The fourth-order valence-electron chi connectivity index (χ4n) is 1.75. The molecule has 2 N–H and O–H groups in total. The van der Waals surface area contributed by atoms with Gasteiger partial charge in [0, 0.05) is 26.8 Å². The summed E-state index contributed by atoms with van der Waals surface area (Å²) in [7, 11) is 0. The van der Waals surface area contributed by atoms with Crippen LogP contribution >= 0.6 is 34.4 Å². The number of nitrogens with one attached hydrogen (secondary N) is 2. The quantitative estimate of drug-likeness (QED) is 0.562. The van der Waals surface area contributed by atoms with Crippen LogP contribution in [0.25, 0.3) is 0 Å². The van der Waals surface area contributed by atoms with E-state index < -0.39 is 0 Å². The van der Waals surface area contributed by atoms with Gasteiger partial charge in [0.15, 0.2) is 0 Å². The van der Waals surface area contributed by atoms with Crippen LogP contribution in [0.5, 0.6) is 0 Å². The van der Waals surface area contributed by atoms with Gasteiger partial charge in [-0.3, -0.25) is 9.59 Å². The number of hydrogen-bond donors (Lipinski definition) is 2. The van der Waals surface area contributed by atoms with Crippen molar-refractivity contribution in [3.63, 3.8) is 0 Å². The molecule has 0 fully saturated rings. The maximum atomic E-state index is 11.9. The Morgan fingerprint density at radius 1 is 1.05 bits per heavy atom. The molecule has 0 aliphatic carbocycles. The summed E-state index contributed by atoms with van der Waals surface area (Å²) in [5.41, 5.74) is 1.52. The zero-order valence-corrected chi connectivity index (χ0v) is 14.9. The summed E-state index contributed by atoms with van der Waals surface area (Å²) in [6.07, 6.45) is 0. The molecule has 0 aliphatic heterocycles. The summed E-state index contributed by atoms with van der Waals surface area (Å²) in [5, 5.41) is 5.58. The van der Waals surface area contributed by atoms with E-state index in [1.54, 1.807) is 0 Å². The highest BCUT2D eigenvalue weighted by molar-refractivity contribution is 14.1. The van der Waals surface area contributed by atoms with Crippen LogP contribution < -0.4 is 10.6 Å². The van der Waals surface area contributed by atoms with Gasteiger partial charge >= 0.3 is 0 Å². The highest BCUT2D eigenvalue weighted by Crippen LogP contribution is 2.22. The zero-order valence-electron chi connectivity index (χ0n) is 11.9. The van der Waals surface area contributed by atoms with E-state index in [0.717, 1.165) is 19.8 Å². The van der Waals surface area contributed by atoms with E-state index in [1.807, 2.05) is 48.5 Å². The number of halogens is 1. The smallest absolute Gasteiger partial charge is 0.234 e. The molecular formula is C16H15IN2O2S. The van der Waals surface area contributed by atoms with E-state index in [0.29, 0.717) is 5.75 Å². The zero-order chi connectivity index (χ0) is 15.9. The summed E-state index contributed by atoms with van der Waals surface area (Å²) in [6.45, 7) is 1.47. The first kappa shape index (κ1) is 16.8. The molecule has 2 aromatic rings. The second-order valence-corrected chi connectivity index (χ2v) is 6.85. The molecule has 0 saturated carbocycles. The average Bonchev–Trinajstić information content (AvgIpc) is 2.47. The summed E-state index contributed by atoms with van der Waals surface area (Å²) in [4.78, 5) is 23.9. The summed E-state index contributed by atoms with van der Waals surface area (Å²) in [5.74, 6) is 0.143. The number of rotatable bonds is 5. The minimum atomic E-state index is -0.112. The summed E-state index contributed by atoms with van der Waals surface area (Å²) in [6, 6.07) is 15.1. The molecule has 0 saturated heterocycles. The van der Waals surface area contributed by atoms with Crippen LogP contribution in [0.4, 0.5) is 11.4 Å². The molecular weight excluding hydrogens is 411 g/mol. The molecule has 2 aromatic carbocycles. The first-order valence-corrected chi connectivity index (χ1v) is 8.65. The van der Waals surface area contributed by atoms with Gasteiger partial charge in [0.1, 0.15) is 0 Å². The van der Waals surface area contributed by atoms with Crippen molar-refractivity contribution in [3.8, 4) is 0 Å². The topological polar surface area (TPSA) is 58.2 Å². The third-order valence-corrected chi connectivity index (χ3v) is 4.37. The summed E-state index contributed by atoms with van der Waals surface area (Å²) < 4.78 is 1.12. The van der Waals surface area contributed by atoms with Crippen molar-refractivity contribution in [2.24, 2.45) is 0 Å². The highest BCUT2D eigenvalue weighted by atomic mass is 127. The van der Waals surface area contributed by atoms with Crippen molar-refractivity contribution < 1.29 is 9.59 Å². The molecule has 0 heterocycles. The van der Waals surface area contributed by atoms with Gasteiger partial charge in [0.25, 0.3) is 0 Å². The van der Waals surface area contributed by atoms with Gasteiger partial charge in [0.05, 0.1) is 5.75 Å². The molecule has 114 valence electrons. The lowest BCUT2D eigenvalue weighted by molar-refractivity contribution is -0.114. The van der Waals surface area contributed by atoms with Crippen LogP contribution in [0.2, 0.25) is 0 Å². The van der Waals surface area contributed by atoms with Crippen molar-refractivity contribution in [3.05, 3.63) is 52.1 Å². The molecule has 0 atom stereocenters. The third kappa shape index (κ3) is 5.69. The van der Waals surface area contributed by atoms with Crippen LogP contribution in [-0.2, 0) is 9.59 Å². The lowest BCUT2D eigenvalue weighted by Crippen LogP contribution is -2.13. The van der Waals surface area contributed by atoms with Gasteiger partial charge in [-0.2, -0.15) is 0 Å². The second-order valence-electron chi connectivity index (χ2n) is 4.55. The molecule has 0 spiro atoms. The lowest BCUT2D eigenvalue weighted by atomic mass is 10.3. The van der Waals surface area contributed by atoms with Crippen LogP contribution in [0.1, 0.15) is 6.92 Å². The van der Waals surface area contributed by atoms with Crippen molar-refractivity contribution in [2.75, 3.05) is 16.4 Å². The van der Waals surface area contributed by atoms with Crippen LogP contribution in [0.15, 0.2) is 53.4 Å². The third-order valence-electron chi connectivity index (χ3n) is 2.65. The van der Waals surface area contributed by atoms with E-state index in [9.17, 15) is 9.59 Å². The van der Waals surface area contributed by atoms with Gasteiger partial charge in [0.2, 0.25) is 11.8 Å². The Morgan fingerprint density at radius 3 is 2.45 bits per heavy atom. The predicted molar refractivity (Wildman–Crippen MR) is 99.3 cm³/mol. The highest BCUT2D eigenvalue weighted by Gasteiger charge is 2.05. The Kier molecular flexibility index (Phi) is 6.26. The predicted octanol–water partition coefficient (Wildman–Crippen LogP) is 3.98. The molecule has 6 heteroatoms. The monoisotopic (exact) mass is 426 g/mol. The molecule has 0 radical (unpaired) electrons. The maximum absolute atomic E-state index is 11.9. The van der Waals surface area contributed by atoms with Crippen LogP contribution in [-0.4, -0.2) is 17.6 Å². The molecule has 22 heavy (non-hydrogen) atoms. The number of amides is 2. The molecule has 0 aromatic heterocycles. The van der Waals surface area contributed by atoms with Crippen molar-refractivity contribution in [1.29, 1.82) is 0 Å². The van der Waals surface area contributed by atoms with Crippen molar-refractivity contribution >= 4 is 57.5 Å². The fourth-order valence-corrected chi connectivity index (χ4v) is 2.86. The van der Waals surface area contributed by atoms with Crippen molar-refractivity contribution in [1.82, 2.24) is 0 Å². The number of carbonyl (C=O) groups excluding carboxylic acids is 2. The Balaban J connectivity index is 1.88. The number of carbonyl (C=O) groups is 2. The fraction of sp³-hybridized carbons (Fsp3) is 0.125. The van der Waals surface area contributed by atoms with E-state index in [4.69, 9.17) is 0 Å². The van der Waals surface area contributed by atoms with E-state index in [2.05, 4.69) is 33.2 Å². The van der Waals surface area contributed by atoms with Crippen LogP contribution in [0.3, 0.4) is 0 Å². The maximum Gasteiger partial charge on any atom is 0.234 e. The normalized spacial score (nSPS) is 10.1. The molecule has 0 bridgehead atoms. The Morgan fingerprint density at radius 2 is 1.77 bits per heavy atom. The van der Waals surface area contributed by atoms with Gasteiger partial charge < -0.3 is 10.6 Å². The van der Waals surface area contributed by atoms with Gasteiger partial charge in [-0.1, -0.05) is 6.07 Å². The minimum Gasteiger partial charge on any atom is -0.326 e. The largest absolute Gasteiger partial charge is 0.326 e.